The van der Waals surface area contributed by atoms with Gasteiger partial charge in [-0.2, -0.15) is 0 Å². The topological polar surface area (TPSA) is 84.3 Å². The summed E-state index contributed by atoms with van der Waals surface area (Å²) >= 11 is 0. The molecule has 1 amide bonds. The molecule has 2 rings (SSSR count). The lowest BCUT2D eigenvalue weighted by atomic mass is 9.96. The number of non-ortho nitro benzene ring substituents is 1. The van der Waals surface area contributed by atoms with Gasteiger partial charge in [0.25, 0.3) is 11.6 Å². The van der Waals surface area contributed by atoms with Gasteiger partial charge in [0.1, 0.15) is 0 Å². The van der Waals surface area contributed by atoms with Gasteiger partial charge in [0, 0.05) is 24.2 Å². The number of piperidine rings is 1. The van der Waals surface area contributed by atoms with Gasteiger partial charge in [-0.15, -0.1) is 12.4 Å². The molecular formula is C14H20ClN3O3. The van der Waals surface area contributed by atoms with E-state index in [4.69, 9.17) is 0 Å². The third kappa shape index (κ3) is 5.32. The first-order valence-corrected chi connectivity index (χ1v) is 6.90. The number of benzene rings is 1. The monoisotopic (exact) mass is 313 g/mol. The van der Waals surface area contributed by atoms with E-state index >= 15 is 0 Å². The summed E-state index contributed by atoms with van der Waals surface area (Å²) in [5.74, 6) is 0.449. The molecular weight excluding hydrogens is 294 g/mol. The lowest BCUT2D eigenvalue weighted by molar-refractivity contribution is -0.384. The summed E-state index contributed by atoms with van der Waals surface area (Å²) in [6.45, 7) is 2.75. The largest absolute Gasteiger partial charge is 0.352 e. The first kappa shape index (κ1) is 17.4. The van der Waals surface area contributed by atoms with Gasteiger partial charge in [0.05, 0.1) is 4.92 Å². The molecule has 1 fully saturated rings. The molecule has 1 aliphatic heterocycles. The summed E-state index contributed by atoms with van der Waals surface area (Å²) in [5, 5.41) is 16.7. The third-order valence-electron chi connectivity index (χ3n) is 3.58. The molecule has 6 nitrogen and oxygen atoms in total. The SMILES string of the molecule is Cl.O=C(NCCC1CCCNC1)c1ccc([N+](=O)[O-])cc1. The number of nitro benzene ring substituents is 1. The van der Waals surface area contributed by atoms with Crippen molar-refractivity contribution < 1.29 is 9.72 Å². The maximum atomic E-state index is 11.9. The van der Waals surface area contributed by atoms with E-state index in [0.29, 0.717) is 18.0 Å². The molecule has 1 aliphatic rings. The van der Waals surface area contributed by atoms with Gasteiger partial charge >= 0.3 is 0 Å². The van der Waals surface area contributed by atoms with Crippen LogP contribution in [0.15, 0.2) is 24.3 Å². The minimum Gasteiger partial charge on any atom is -0.352 e. The molecule has 1 atom stereocenters. The van der Waals surface area contributed by atoms with E-state index in [1.807, 2.05) is 0 Å². The predicted molar refractivity (Wildman–Crippen MR) is 82.9 cm³/mol. The van der Waals surface area contributed by atoms with Gasteiger partial charge in [-0.25, -0.2) is 0 Å². The van der Waals surface area contributed by atoms with Gasteiger partial charge in [-0.3, -0.25) is 14.9 Å². The molecule has 1 unspecified atom stereocenters. The maximum Gasteiger partial charge on any atom is 0.269 e. The fraction of sp³-hybridized carbons (Fsp3) is 0.500. The van der Waals surface area contributed by atoms with Gasteiger partial charge in [0.2, 0.25) is 0 Å². The molecule has 0 aliphatic carbocycles. The van der Waals surface area contributed by atoms with Crippen LogP contribution in [0.25, 0.3) is 0 Å². The highest BCUT2D eigenvalue weighted by molar-refractivity contribution is 5.94. The van der Waals surface area contributed by atoms with Crippen LogP contribution in [0.1, 0.15) is 29.6 Å². The molecule has 1 saturated heterocycles. The lowest BCUT2D eigenvalue weighted by Crippen LogP contribution is -2.33. The highest BCUT2D eigenvalue weighted by Crippen LogP contribution is 2.14. The highest BCUT2D eigenvalue weighted by atomic mass is 35.5. The minimum absolute atomic E-state index is 0. The first-order chi connectivity index (χ1) is 9.66. The van der Waals surface area contributed by atoms with Crippen LogP contribution >= 0.6 is 12.4 Å². The van der Waals surface area contributed by atoms with E-state index in [9.17, 15) is 14.9 Å². The van der Waals surface area contributed by atoms with Crippen LogP contribution in [0, 0.1) is 16.0 Å². The summed E-state index contributed by atoms with van der Waals surface area (Å²) in [7, 11) is 0. The Morgan fingerprint density at radius 2 is 2.10 bits per heavy atom. The molecule has 1 aromatic rings. The van der Waals surface area contributed by atoms with E-state index in [0.717, 1.165) is 19.5 Å². The Hall–Kier alpha value is -1.66. The third-order valence-corrected chi connectivity index (χ3v) is 3.58. The molecule has 116 valence electrons. The molecule has 21 heavy (non-hydrogen) atoms. The molecule has 0 radical (unpaired) electrons. The van der Waals surface area contributed by atoms with Crippen molar-refractivity contribution in [2.45, 2.75) is 19.3 Å². The molecule has 1 aromatic carbocycles. The summed E-state index contributed by atoms with van der Waals surface area (Å²) in [6.07, 6.45) is 3.37. The van der Waals surface area contributed by atoms with Gasteiger partial charge < -0.3 is 10.6 Å². The zero-order valence-corrected chi connectivity index (χ0v) is 12.5. The second-order valence-electron chi connectivity index (χ2n) is 5.06. The highest BCUT2D eigenvalue weighted by Gasteiger charge is 2.13. The number of nitro groups is 1. The zero-order valence-electron chi connectivity index (χ0n) is 11.7. The average Bonchev–Trinajstić information content (AvgIpc) is 2.48. The van der Waals surface area contributed by atoms with E-state index in [2.05, 4.69) is 10.6 Å². The molecule has 7 heteroatoms. The Kier molecular flexibility index (Phi) is 7.11. The van der Waals surface area contributed by atoms with Crippen LogP contribution in [-0.2, 0) is 0 Å². The van der Waals surface area contributed by atoms with Gasteiger partial charge in [0.15, 0.2) is 0 Å². The van der Waals surface area contributed by atoms with Crippen molar-refractivity contribution >= 4 is 24.0 Å². The van der Waals surface area contributed by atoms with Gasteiger partial charge in [-0.1, -0.05) is 0 Å². The van der Waals surface area contributed by atoms with Crippen LogP contribution < -0.4 is 10.6 Å². The molecule has 0 aromatic heterocycles. The number of rotatable bonds is 5. The fourth-order valence-corrected chi connectivity index (χ4v) is 2.40. The number of amides is 1. The second kappa shape index (κ2) is 8.59. The summed E-state index contributed by atoms with van der Waals surface area (Å²) in [4.78, 5) is 21.9. The smallest absolute Gasteiger partial charge is 0.269 e. The lowest BCUT2D eigenvalue weighted by Gasteiger charge is -2.22. The van der Waals surface area contributed by atoms with Crippen molar-refractivity contribution in [2.75, 3.05) is 19.6 Å². The van der Waals surface area contributed by atoms with E-state index in [-0.39, 0.29) is 24.0 Å². The number of halogens is 1. The quantitative estimate of drug-likeness (QED) is 0.644. The molecule has 2 N–H and O–H groups in total. The number of nitrogens with zero attached hydrogens (tertiary/aromatic N) is 1. The van der Waals surface area contributed by atoms with Crippen LogP contribution in [0.2, 0.25) is 0 Å². The van der Waals surface area contributed by atoms with E-state index < -0.39 is 4.92 Å². The first-order valence-electron chi connectivity index (χ1n) is 6.90. The number of nitrogens with one attached hydrogen (secondary N) is 2. The maximum absolute atomic E-state index is 11.9. The van der Waals surface area contributed by atoms with Crippen molar-refractivity contribution in [2.24, 2.45) is 5.92 Å². The van der Waals surface area contributed by atoms with Crippen molar-refractivity contribution in [3.63, 3.8) is 0 Å². The average molecular weight is 314 g/mol. The summed E-state index contributed by atoms with van der Waals surface area (Å²) < 4.78 is 0. The van der Waals surface area contributed by atoms with Crippen LogP contribution in [0.5, 0.6) is 0 Å². The Labute approximate surface area is 129 Å². The molecule has 0 spiro atoms. The summed E-state index contributed by atoms with van der Waals surface area (Å²) in [5.41, 5.74) is 0.451. The van der Waals surface area contributed by atoms with Crippen molar-refractivity contribution in [1.82, 2.24) is 10.6 Å². The number of carbonyl (C=O) groups is 1. The number of hydrogen-bond donors (Lipinski definition) is 2. The van der Waals surface area contributed by atoms with Crippen molar-refractivity contribution in [1.29, 1.82) is 0 Å². The van der Waals surface area contributed by atoms with Crippen LogP contribution in [-0.4, -0.2) is 30.5 Å². The van der Waals surface area contributed by atoms with Crippen molar-refractivity contribution in [3.8, 4) is 0 Å². The van der Waals surface area contributed by atoms with Gasteiger partial charge in [-0.05, 0) is 50.4 Å². The predicted octanol–water partition coefficient (Wildman–Crippen LogP) is 2.14. The minimum atomic E-state index is -0.474. The Morgan fingerprint density at radius 3 is 2.67 bits per heavy atom. The standard InChI is InChI=1S/C14H19N3O3.ClH/c18-14(12-3-5-13(6-4-12)17(19)20)16-9-7-11-2-1-8-15-10-11;/h3-6,11,15H,1-2,7-10H2,(H,16,18);1H. The van der Waals surface area contributed by atoms with E-state index in [1.54, 1.807) is 0 Å². The van der Waals surface area contributed by atoms with E-state index in [1.165, 1.54) is 37.1 Å². The molecule has 1 heterocycles. The van der Waals surface area contributed by atoms with Crippen molar-refractivity contribution in [3.05, 3.63) is 39.9 Å². The normalized spacial score (nSPS) is 17.6. The Balaban J connectivity index is 0.00000220. The number of carbonyl (C=O) groups excluding carboxylic acids is 1. The second-order valence-corrected chi connectivity index (χ2v) is 5.06. The summed E-state index contributed by atoms with van der Waals surface area (Å²) in [6, 6.07) is 5.66. The van der Waals surface area contributed by atoms with Crippen LogP contribution in [0.4, 0.5) is 5.69 Å². The Bertz CT molecular complexity index is 473. The number of hydrogen-bond acceptors (Lipinski definition) is 4. The molecule has 0 saturated carbocycles. The zero-order chi connectivity index (χ0) is 14.4. The fourth-order valence-electron chi connectivity index (χ4n) is 2.40. The molecule has 0 bridgehead atoms. The Morgan fingerprint density at radius 1 is 1.38 bits per heavy atom. The van der Waals surface area contributed by atoms with Crippen LogP contribution in [0.3, 0.4) is 0 Å².